The largest absolute Gasteiger partial charge is 0.507 e. The molecule has 0 aromatic heterocycles. The van der Waals surface area contributed by atoms with Gasteiger partial charge in [0.05, 0.1) is 27.6 Å². The number of benzene rings is 2. The van der Waals surface area contributed by atoms with Gasteiger partial charge in [0.2, 0.25) is 0 Å². The first-order valence-corrected chi connectivity index (χ1v) is 8.82. The number of rotatable bonds is 3. The third-order valence-corrected chi connectivity index (χ3v) is 5.15. The van der Waals surface area contributed by atoms with E-state index in [2.05, 4.69) is 22.0 Å². The molecule has 2 aromatic carbocycles. The predicted octanol–water partition coefficient (Wildman–Crippen LogP) is 4.26. The van der Waals surface area contributed by atoms with Crippen molar-refractivity contribution in [3.05, 3.63) is 68.5 Å². The zero-order valence-electron chi connectivity index (χ0n) is 12.8. The minimum Gasteiger partial charge on any atom is -0.507 e. The van der Waals surface area contributed by atoms with Crippen molar-refractivity contribution in [1.29, 1.82) is 5.26 Å². The molecule has 0 saturated carbocycles. The highest BCUT2D eigenvalue weighted by molar-refractivity contribution is 9.10. The van der Waals surface area contributed by atoms with E-state index in [1.54, 1.807) is 42.5 Å². The van der Waals surface area contributed by atoms with Gasteiger partial charge < -0.3 is 5.11 Å². The van der Waals surface area contributed by atoms with Crippen LogP contribution in [0.25, 0.3) is 6.08 Å². The summed E-state index contributed by atoms with van der Waals surface area (Å²) in [6.07, 6.45) is 1.60. The number of aromatic hydroxyl groups is 1. The number of amides is 2. The van der Waals surface area contributed by atoms with Crippen LogP contribution in [-0.2, 0) is 11.3 Å². The number of phenols is 1. The normalized spacial score (nSPS) is 15.7. The van der Waals surface area contributed by atoms with Gasteiger partial charge in [-0.2, -0.15) is 5.26 Å². The molecular weight excluding hydrogens is 404 g/mol. The van der Waals surface area contributed by atoms with Crippen molar-refractivity contribution in [1.82, 2.24) is 4.90 Å². The van der Waals surface area contributed by atoms with Gasteiger partial charge >= 0.3 is 0 Å². The van der Waals surface area contributed by atoms with Crippen LogP contribution in [0.15, 0.2) is 51.8 Å². The molecule has 0 spiro atoms. The molecule has 3 rings (SSSR count). The average molecular weight is 415 g/mol. The van der Waals surface area contributed by atoms with Gasteiger partial charge in [0.25, 0.3) is 11.1 Å². The predicted molar refractivity (Wildman–Crippen MR) is 98.5 cm³/mol. The maximum absolute atomic E-state index is 12.5. The molecule has 1 aliphatic heterocycles. The summed E-state index contributed by atoms with van der Waals surface area (Å²) in [4.78, 5) is 26.2. The Hall–Kier alpha value is -2.56. The lowest BCUT2D eigenvalue weighted by atomic mass is 10.1. The molecule has 1 N–H and O–H groups in total. The number of hydrogen-bond donors (Lipinski definition) is 1. The van der Waals surface area contributed by atoms with Crippen LogP contribution in [0.5, 0.6) is 5.75 Å². The van der Waals surface area contributed by atoms with Crippen LogP contribution in [0.4, 0.5) is 4.79 Å². The van der Waals surface area contributed by atoms with Crippen LogP contribution in [0.2, 0.25) is 0 Å². The first kappa shape index (κ1) is 17.3. The fourth-order valence-electron chi connectivity index (χ4n) is 2.34. The van der Waals surface area contributed by atoms with E-state index in [0.717, 1.165) is 16.7 Å². The Balaban J connectivity index is 1.86. The first-order chi connectivity index (χ1) is 12.0. The van der Waals surface area contributed by atoms with Gasteiger partial charge in [-0.05, 0) is 63.1 Å². The number of halogens is 1. The summed E-state index contributed by atoms with van der Waals surface area (Å²) in [5.41, 5.74) is 1.75. The molecule has 0 atom stereocenters. The molecule has 1 aliphatic rings. The van der Waals surface area contributed by atoms with E-state index >= 15 is 0 Å². The van der Waals surface area contributed by atoms with E-state index in [1.165, 1.54) is 6.07 Å². The topological polar surface area (TPSA) is 81.4 Å². The van der Waals surface area contributed by atoms with Gasteiger partial charge in [0.15, 0.2) is 0 Å². The molecule has 1 saturated heterocycles. The van der Waals surface area contributed by atoms with E-state index < -0.39 is 5.91 Å². The standard InChI is InChI=1S/C18H11BrN2O3S/c19-14-7-11(5-6-15(14)22)8-16-17(23)21(18(24)25-16)10-13-4-2-1-3-12(13)9-20/h1-8,22H,10H2/b16-8-. The van der Waals surface area contributed by atoms with Crippen molar-refractivity contribution in [2.24, 2.45) is 0 Å². The molecule has 0 aliphatic carbocycles. The van der Waals surface area contributed by atoms with Gasteiger partial charge in [-0.1, -0.05) is 24.3 Å². The van der Waals surface area contributed by atoms with Crippen molar-refractivity contribution < 1.29 is 14.7 Å². The second kappa shape index (κ2) is 7.13. The van der Waals surface area contributed by atoms with Crippen LogP contribution in [-0.4, -0.2) is 21.2 Å². The van der Waals surface area contributed by atoms with Gasteiger partial charge in [0, 0.05) is 0 Å². The SMILES string of the molecule is N#Cc1ccccc1CN1C(=O)S/C(=C\c2ccc(O)c(Br)c2)C1=O. The van der Waals surface area contributed by atoms with Gasteiger partial charge in [-0.3, -0.25) is 14.5 Å². The molecule has 7 heteroatoms. The van der Waals surface area contributed by atoms with E-state index in [1.807, 2.05) is 0 Å². The number of phenolic OH excluding ortho intramolecular Hbond substituents is 1. The van der Waals surface area contributed by atoms with Gasteiger partial charge in [-0.15, -0.1) is 0 Å². The minimum absolute atomic E-state index is 0.0605. The Morgan fingerprint density at radius 3 is 2.72 bits per heavy atom. The third-order valence-electron chi connectivity index (χ3n) is 3.61. The highest BCUT2D eigenvalue weighted by Crippen LogP contribution is 2.34. The van der Waals surface area contributed by atoms with Crippen LogP contribution >= 0.6 is 27.7 Å². The van der Waals surface area contributed by atoms with E-state index in [9.17, 15) is 14.7 Å². The summed E-state index contributed by atoms with van der Waals surface area (Å²) < 4.78 is 0.503. The Bertz CT molecular complexity index is 950. The first-order valence-electron chi connectivity index (χ1n) is 7.21. The van der Waals surface area contributed by atoms with Crippen LogP contribution < -0.4 is 0 Å². The fourth-order valence-corrected chi connectivity index (χ4v) is 3.57. The fraction of sp³-hybridized carbons (Fsp3) is 0.0556. The number of hydrogen-bond acceptors (Lipinski definition) is 5. The molecule has 1 heterocycles. The lowest BCUT2D eigenvalue weighted by Crippen LogP contribution is -2.27. The van der Waals surface area contributed by atoms with Crippen molar-refractivity contribution >= 4 is 44.9 Å². The second-order valence-electron chi connectivity index (χ2n) is 5.25. The average Bonchev–Trinajstić information content (AvgIpc) is 2.86. The molecule has 2 aromatic rings. The zero-order valence-corrected chi connectivity index (χ0v) is 15.2. The third kappa shape index (κ3) is 3.60. The molecule has 124 valence electrons. The summed E-state index contributed by atoms with van der Waals surface area (Å²) in [6.45, 7) is 0.0605. The summed E-state index contributed by atoms with van der Waals surface area (Å²) in [5, 5.41) is 18.3. The van der Waals surface area contributed by atoms with Gasteiger partial charge in [-0.25, -0.2) is 0 Å². The molecule has 0 unspecified atom stereocenters. The molecule has 0 radical (unpaired) electrons. The molecule has 0 bridgehead atoms. The quantitative estimate of drug-likeness (QED) is 0.758. The Kier molecular flexibility index (Phi) is 4.93. The lowest BCUT2D eigenvalue weighted by molar-refractivity contribution is -0.123. The van der Waals surface area contributed by atoms with Crippen molar-refractivity contribution in [3.8, 4) is 11.8 Å². The Labute approximate surface area is 156 Å². The zero-order chi connectivity index (χ0) is 18.0. The molecule has 1 fully saturated rings. The van der Waals surface area contributed by atoms with Crippen molar-refractivity contribution in [2.45, 2.75) is 6.54 Å². The Morgan fingerprint density at radius 2 is 2.00 bits per heavy atom. The van der Waals surface area contributed by atoms with Crippen molar-refractivity contribution in [3.63, 3.8) is 0 Å². The number of carbonyl (C=O) groups is 2. The number of thioether (sulfide) groups is 1. The molecule has 25 heavy (non-hydrogen) atoms. The van der Waals surface area contributed by atoms with Crippen molar-refractivity contribution in [2.75, 3.05) is 0 Å². The van der Waals surface area contributed by atoms with Crippen LogP contribution in [0, 0.1) is 11.3 Å². The maximum atomic E-state index is 12.5. The maximum Gasteiger partial charge on any atom is 0.293 e. The summed E-state index contributed by atoms with van der Waals surface area (Å²) in [5.74, 6) is -0.301. The number of nitrogens with zero attached hydrogens (tertiary/aromatic N) is 2. The van der Waals surface area contributed by atoms with E-state index in [0.29, 0.717) is 26.1 Å². The molecule has 2 amide bonds. The molecular formula is C18H11BrN2O3S. The lowest BCUT2D eigenvalue weighted by Gasteiger charge is -2.13. The Morgan fingerprint density at radius 1 is 1.24 bits per heavy atom. The van der Waals surface area contributed by atoms with Gasteiger partial charge in [0.1, 0.15) is 5.75 Å². The number of imide groups is 1. The van der Waals surface area contributed by atoms with Crippen LogP contribution in [0.3, 0.4) is 0 Å². The highest BCUT2D eigenvalue weighted by atomic mass is 79.9. The molecule has 5 nitrogen and oxygen atoms in total. The summed E-state index contributed by atoms with van der Waals surface area (Å²) >= 11 is 4.07. The smallest absolute Gasteiger partial charge is 0.293 e. The monoisotopic (exact) mass is 414 g/mol. The highest BCUT2D eigenvalue weighted by Gasteiger charge is 2.35. The van der Waals surface area contributed by atoms with Crippen LogP contribution in [0.1, 0.15) is 16.7 Å². The number of nitriles is 1. The summed E-state index contributed by atoms with van der Waals surface area (Å²) in [7, 11) is 0. The van der Waals surface area contributed by atoms with E-state index in [-0.39, 0.29) is 17.5 Å². The van der Waals surface area contributed by atoms with E-state index in [4.69, 9.17) is 5.26 Å². The number of carbonyl (C=O) groups excluding carboxylic acids is 2. The second-order valence-corrected chi connectivity index (χ2v) is 7.10. The summed E-state index contributed by atoms with van der Waals surface area (Å²) in [6, 6.07) is 13.8. The minimum atomic E-state index is -0.396.